The Hall–Kier alpha value is -1.79. The van der Waals surface area contributed by atoms with Crippen LogP contribution in [0.15, 0.2) is 12.1 Å². The third-order valence-corrected chi connectivity index (χ3v) is 5.50. The third-order valence-electron chi connectivity index (χ3n) is 5.28. The summed E-state index contributed by atoms with van der Waals surface area (Å²) in [4.78, 5) is 26.9. The van der Waals surface area contributed by atoms with Crippen LogP contribution in [0.4, 0.5) is 4.79 Å². The first-order valence-electron chi connectivity index (χ1n) is 8.75. The molecule has 7 heteroatoms. The van der Waals surface area contributed by atoms with Gasteiger partial charge in [-0.25, -0.2) is 4.79 Å². The topological polar surface area (TPSA) is 67.9 Å². The Balaban J connectivity index is 1.62. The summed E-state index contributed by atoms with van der Waals surface area (Å²) >= 11 is 6.19. The van der Waals surface area contributed by atoms with Crippen molar-refractivity contribution in [2.24, 2.45) is 0 Å². The molecule has 1 spiro atoms. The van der Waals surface area contributed by atoms with Gasteiger partial charge in [0.05, 0.1) is 13.2 Å². The molecule has 1 aromatic carbocycles. The highest BCUT2D eigenvalue weighted by Crippen LogP contribution is 2.36. The number of hydrogen-bond donors (Lipinski definition) is 1. The Labute approximate surface area is 151 Å². The lowest BCUT2D eigenvalue weighted by Crippen LogP contribution is -2.46. The Morgan fingerprint density at radius 2 is 1.92 bits per heavy atom. The minimum atomic E-state index is -0.726. The van der Waals surface area contributed by atoms with Crippen molar-refractivity contribution in [1.29, 1.82) is 0 Å². The van der Waals surface area contributed by atoms with E-state index in [1.54, 1.807) is 12.1 Å². The average Bonchev–Trinajstić information content (AvgIpc) is 2.76. The number of hydrogen-bond acceptors (Lipinski definition) is 4. The van der Waals surface area contributed by atoms with E-state index < -0.39 is 5.54 Å². The van der Waals surface area contributed by atoms with E-state index in [-0.39, 0.29) is 25.3 Å². The highest BCUT2D eigenvalue weighted by atomic mass is 35.5. The van der Waals surface area contributed by atoms with Crippen LogP contribution in [-0.2, 0) is 22.7 Å². The van der Waals surface area contributed by atoms with Crippen LogP contribution < -0.4 is 10.1 Å². The fraction of sp³-hybridized carbons (Fsp3) is 0.556. The standard InChI is InChI=1S/C18H21ClN2O4/c19-14-7-12(15-13(8-14)10-24-11-25-15)9-21-16(22)18(20-17(21)23)5-3-1-2-4-6-18/h7-8H,1-6,9-11H2,(H,20,23). The Kier molecular flexibility index (Phi) is 4.33. The smallest absolute Gasteiger partial charge is 0.325 e. The van der Waals surface area contributed by atoms with Gasteiger partial charge in [-0.1, -0.05) is 37.3 Å². The Bertz CT molecular complexity index is 713. The molecule has 0 unspecified atom stereocenters. The largest absolute Gasteiger partial charge is 0.467 e. The fourth-order valence-corrected chi connectivity index (χ4v) is 4.30. The van der Waals surface area contributed by atoms with Crippen molar-refractivity contribution in [2.75, 3.05) is 6.79 Å². The van der Waals surface area contributed by atoms with Gasteiger partial charge in [0.25, 0.3) is 5.91 Å². The summed E-state index contributed by atoms with van der Waals surface area (Å²) in [6.45, 7) is 0.730. The number of rotatable bonds is 2. The predicted molar refractivity (Wildman–Crippen MR) is 91.3 cm³/mol. The highest BCUT2D eigenvalue weighted by Gasteiger charge is 2.50. The molecule has 3 amide bonds. The fourth-order valence-electron chi connectivity index (χ4n) is 4.04. The number of halogens is 1. The lowest BCUT2D eigenvalue weighted by molar-refractivity contribution is -0.132. The monoisotopic (exact) mass is 364 g/mol. The van der Waals surface area contributed by atoms with Gasteiger partial charge in [-0.15, -0.1) is 0 Å². The van der Waals surface area contributed by atoms with Crippen LogP contribution in [-0.4, -0.2) is 29.2 Å². The maximum Gasteiger partial charge on any atom is 0.325 e. The third kappa shape index (κ3) is 2.98. The van der Waals surface area contributed by atoms with Crippen LogP contribution in [0.5, 0.6) is 5.75 Å². The number of urea groups is 1. The van der Waals surface area contributed by atoms with E-state index in [9.17, 15) is 9.59 Å². The van der Waals surface area contributed by atoms with Crippen molar-refractivity contribution in [3.05, 3.63) is 28.3 Å². The average molecular weight is 365 g/mol. The van der Waals surface area contributed by atoms with Crippen molar-refractivity contribution in [1.82, 2.24) is 10.2 Å². The first kappa shape index (κ1) is 16.7. The number of imide groups is 1. The lowest BCUT2D eigenvalue weighted by Gasteiger charge is -2.25. The second-order valence-electron chi connectivity index (χ2n) is 6.98. The van der Waals surface area contributed by atoms with Gasteiger partial charge in [0.15, 0.2) is 6.79 Å². The molecule has 2 aliphatic heterocycles. The molecule has 3 aliphatic rings. The highest BCUT2D eigenvalue weighted by molar-refractivity contribution is 6.30. The van der Waals surface area contributed by atoms with Crippen molar-refractivity contribution >= 4 is 23.5 Å². The van der Waals surface area contributed by atoms with E-state index in [1.807, 2.05) is 0 Å². The molecule has 6 nitrogen and oxygen atoms in total. The van der Waals surface area contributed by atoms with Crippen LogP contribution >= 0.6 is 11.6 Å². The van der Waals surface area contributed by atoms with E-state index in [2.05, 4.69) is 5.32 Å². The normalized spacial score (nSPS) is 22.4. The number of carbonyl (C=O) groups is 2. The summed E-state index contributed by atoms with van der Waals surface area (Å²) in [6, 6.07) is 3.22. The van der Waals surface area contributed by atoms with E-state index in [0.717, 1.165) is 36.8 Å². The maximum atomic E-state index is 13.0. The van der Waals surface area contributed by atoms with Crippen LogP contribution in [0.2, 0.25) is 5.02 Å². The van der Waals surface area contributed by atoms with Crippen LogP contribution in [0, 0.1) is 0 Å². The molecule has 0 atom stereocenters. The second kappa shape index (κ2) is 6.50. The van der Waals surface area contributed by atoms with E-state index in [0.29, 0.717) is 30.2 Å². The molecule has 4 rings (SSSR count). The number of nitrogens with one attached hydrogen (secondary N) is 1. The molecule has 0 bridgehead atoms. The Morgan fingerprint density at radius 3 is 2.68 bits per heavy atom. The summed E-state index contributed by atoms with van der Waals surface area (Å²) in [5.41, 5.74) is 0.848. The first-order valence-corrected chi connectivity index (χ1v) is 9.13. The molecule has 134 valence electrons. The van der Waals surface area contributed by atoms with Gasteiger partial charge in [0, 0.05) is 16.1 Å². The van der Waals surface area contributed by atoms with Gasteiger partial charge in [-0.05, 0) is 25.0 Å². The quantitative estimate of drug-likeness (QED) is 0.817. The van der Waals surface area contributed by atoms with Crippen LogP contribution in [0.3, 0.4) is 0 Å². The van der Waals surface area contributed by atoms with E-state index in [1.165, 1.54) is 4.90 Å². The zero-order valence-corrected chi connectivity index (χ0v) is 14.7. The summed E-state index contributed by atoms with van der Waals surface area (Å²) in [5.74, 6) is 0.540. The molecule has 1 N–H and O–H groups in total. The number of ether oxygens (including phenoxy) is 2. The van der Waals surface area contributed by atoms with Gasteiger partial charge in [-0.3, -0.25) is 9.69 Å². The van der Waals surface area contributed by atoms with Gasteiger partial charge in [0.1, 0.15) is 11.3 Å². The van der Waals surface area contributed by atoms with Gasteiger partial charge < -0.3 is 14.8 Å². The van der Waals surface area contributed by atoms with Gasteiger partial charge >= 0.3 is 6.03 Å². The number of benzene rings is 1. The number of nitrogens with zero attached hydrogens (tertiary/aromatic N) is 1. The second-order valence-corrected chi connectivity index (χ2v) is 7.42. The van der Waals surface area contributed by atoms with Gasteiger partial charge in [0.2, 0.25) is 0 Å². The Morgan fingerprint density at radius 1 is 1.16 bits per heavy atom. The number of fused-ring (bicyclic) bond motifs is 1. The molecule has 2 fully saturated rings. The van der Waals surface area contributed by atoms with Crippen molar-refractivity contribution in [3.63, 3.8) is 0 Å². The minimum Gasteiger partial charge on any atom is -0.467 e. The molecular formula is C18H21ClN2O4. The van der Waals surface area contributed by atoms with Crippen LogP contribution in [0.1, 0.15) is 49.7 Å². The van der Waals surface area contributed by atoms with Crippen molar-refractivity contribution in [3.8, 4) is 5.75 Å². The zero-order valence-electron chi connectivity index (χ0n) is 14.0. The van der Waals surface area contributed by atoms with Crippen LogP contribution in [0.25, 0.3) is 0 Å². The molecule has 1 saturated carbocycles. The van der Waals surface area contributed by atoms with E-state index in [4.69, 9.17) is 21.1 Å². The van der Waals surface area contributed by atoms with Crippen molar-refractivity contribution in [2.45, 2.75) is 57.2 Å². The summed E-state index contributed by atoms with van der Waals surface area (Å²) in [6.07, 6.45) is 5.58. The predicted octanol–water partition coefficient (Wildman–Crippen LogP) is 3.35. The van der Waals surface area contributed by atoms with Gasteiger partial charge in [-0.2, -0.15) is 0 Å². The molecule has 0 aromatic heterocycles. The SMILES string of the molecule is O=C1NC2(CCCCCC2)C(=O)N1Cc1cc(Cl)cc2c1OCOC2. The summed E-state index contributed by atoms with van der Waals surface area (Å²) in [7, 11) is 0. The molecule has 0 radical (unpaired) electrons. The van der Waals surface area contributed by atoms with Crippen molar-refractivity contribution < 1.29 is 19.1 Å². The zero-order chi connectivity index (χ0) is 17.4. The lowest BCUT2D eigenvalue weighted by atomic mass is 9.90. The summed E-state index contributed by atoms with van der Waals surface area (Å²) < 4.78 is 10.9. The number of carbonyl (C=O) groups excluding carboxylic acids is 2. The minimum absolute atomic E-state index is 0.125. The molecule has 1 aromatic rings. The maximum absolute atomic E-state index is 13.0. The summed E-state index contributed by atoms with van der Waals surface area (Å²) in [5, 5.41) is 3.50. The molecule has 1 saturated heterocycles. The molecule has 2 heterocycles. The number of amides is 3. The van der Waals surface area contributed by atoms with E-state index >= 15 is 0 Å². The first-order chi connectivity index (χ1) is 12.1. The molecule has 1 aliphatic carbocycles. The molecule has 25 heavy (non-hydrogen) atoms. The molecular weight excluding hydrogens is 344 g/mol.